The Morgan fingerprint density at radius 2 is 1.16 bits per heavy atom. The number of ether oxygens (including phenoxy) is 4. The molecule has 2 aliphatic rings. The maximum Gasteiger partial charge on any atom is 0.231 e. The first kappa shape index (κ1) is 27.1. The molecule has 1 atom stereocenters. The molecule has 0 radical (unpaired) electrons. The third kappa shape index (κ3) is 5.11. The van der Waals surface area contributed by atoms with Crippen molar-refractivity contribution in [1.82, 2.24) is 5.32 Å². The fraction of sp³-hybridized carbons (Fsp3) is 0.567. The molecular formula is C30H42N2O5. The van der Waals surface area contributed by atoms with E-state index < -0.39 is 11.6 Å². The summed E-state index contributed by atoms with van der Waals surface area (Å²) in [5, 5.41) is 3.32. The van der Waals surface area contributed by atoms with Crippen LogP contribution in [-0.4, -0.2) is 40.5 Å². The van der Waals surface area contributed by atoms with Gasteiger partial charge in [0.15, 0.2) is 23.0 Å². The van der Waals surface area contributed by atoms with E-state index >= 15 is 0 Å². The van der Waals surface area contributed by atoms with Crippen LogP contribution in [0.1, 0.15) is 75.3 Å². The number of carbonyl (C=O) groups excluding carboxylic acids is 1. The van der Waals surface area contributed by atoms with Gasteiger partial charge in [-0.2, -0.15) is 0 Å². The first-order valence-electron chi connectivity index (χ1n) is 13.5. The highest BCUT2D eigenvalue weighted by Crippen LogP contribution is 2.46. The van der Waals surface area contributed by atoms with Crippen molar-refractivity contribution >= 4 is 5.91 Å². The molecule has 2 saturated carbocycles. The zero-order valence-corrected chi connectivity index (χ0v) is 22.7. The predicted molar refractivity (Wildman–Crippen MR) is 145 cm³/mol. The van der Waals surface area contributed by atoms with E-state index in [4.69, 9.17) is 24.7 Å². The summed E-state index contributed by atoms with van der Waals surface area (Å²) in [5.74, 6) is 2.65. The van der Waals surface area contributed by atoms with Gasteiger partial charge < -0.3 is 30.0 Å². The first-order chi connectivity index (χ1) is 17.9. The molecule has 0 bridgehead atoms. The van der Waals surface area contributed by atoms with Gasteiger partial charge in [0, 0.05) is 5.41 Å². The Kier molecular flexibility index (Phi) is 8.53. The minimum Gasteiger partial charge on any atom is -0.493 e. The lowest BCUT2D eigenvalue weighted by Gasteiger charge is -2.45. The van der Waals surface area contributed by atoms with E-state index in [1.54, 1.807) is 28.4 Å². The maximum atomic E-state index is 14.2. The monoisotopic (exact) mass is 510 g/mol. The van der Waals surface area contributed by atoms with Gasteiger partial charge in [0.25, 0.3) is 0 Å². The summed E-state index contributed by atoms with van der Waals surface area (Å²) in [5.41, 5.74) is 7.99. The molecule has 0 heterocycles. The molecule has 0 saturated heterocycles. The second-order valence-corrected chi connectivity index (χ2v) is 10.5. The molecule has 0 aromatic heterocycles. The van der Waals surface area contributed by atoms with E-state index in [2.05, 4.69) is 11.4 Å². The summed E-state index contributed by atoms with van der Waals surface area (Å²) < 4.78 is 22.1. The summed E-state index contributed by atoms with van der Waals surface area (Å²) in [6.45, 7) is 0. The van der Waals surface area contributed by atoms with Crippen LogP contribution in [0.3, 0.4) is 0 Å². The van der Waals surface area contributed by atoms with Crippen LogP contribution in [0.15, 0.2) is 36.4 Å². The standard InChI is InChI=1S/C30H42N2O5/c1-34-23-13-11-21(19-25(23)36-3)29(15-7-5-8-16-29)27(31)32-28(33)30(17-9-6-10-18-30)22-12-14-24(35-2)26(20-22)37-4/h11-14,19-20,27H,5-10,15-18,31H2,1-4H3,(H,32,33). The smallest absolute Gasteiger partial charge is 0.231 e. The van der Waals surface area contributed by atoms with Crippen molar-refractivity contribution in [3.8, 4) is 23.0 Å². The van der Waals surface area contributed by atoms with E-state index in [1.807, 2.05) is 30.3 Å². The summed E-state index contributed by atoms with van der Waals surface area (Å²) in [4.78, 5) is 14.2. The van der Waals surface area contributed by atoms with Gasteiger partial charge in [-0.05, 0) is 61.1 Å². The Bertz CT molecular complexity index is 1070. The van der Waals surface area contributed by atoms with Crippen LogP contribution in [-0.2, 0) is 15.6 Å². The van der Waals surface area contributed by atoms with Gasteiger partial charge in [-0.15, -0.1) is 0 Å². The van der Waals surface area contributed by atoms with Gasteiger partial charge >= 0.3 is 0 Å². The quantitative estimate of drug-likeness (QED) is 0.449. The zero-order valence-electron chi connectivity index (χ0n) is 22.7. The SMILES string of the molecule is COc1ccc(C2(C(=O)NC(N)C3(c4ccc(OC)c(OC)c4)CCCCC3)CCCCC2)cc1OC. The number of methoxy groups -OCH3 is 4. The van der Waals surface area contributed by atoms with Crippen LogP contribution in [0, 0.1) is 0 Å². The summed E-state index contributed by atoms with van der Waals surface area (Å²) in [6.07, 6.45) is 9.29. The number of carbonyl (C=O) groups is 1. The summed E-state index contributed by atoms with van der Waals surface area (Å²) in [6, 6.07) is 11.9. The van der Waals surface area contributed by atoms with E-state index in [9.17, 15) is 4.79 Å². The lowest BCUT2D eigenvalue weighted by Crippen LogP contribution is -2.60. The fourth-order valence-corrected chi connectivity index (χ4v) is 6.46. The number of hydrogen-bond donors (Lipinski definition) is 2. The highest BCUT2D eigenvalue weighted by molar-refractivity contribution is 5.89. The molecule has 3 N–H and O–H groups in total. The molecule has 37 heavy (non-hydrogen) atoms. The Hall–Kier alpha value is -2.93. The van der Waals surface area contributed by atoms with Crippen LogP contribution in [0.25, 0.3) is 0 Å². The first-order valence-corrected chi connectivity index (χ1v) is 13.5. The number of nitrogens with one attached hydrogen (secondary N) is 1. The molecule has 2 aliphatic carbocycles. The van der Waals surface area contributed by atoms with Gasteiger partial charge in [-0.1, -0.05) is 50.7 Å². The van der Waals surface area contributed by atoms with Crippen molar-refractivity contribution < 1.29 is 23.7 Å². The van der Waals surface area contributed by atoms with E-state index in [1.165, 1.54) is 6.42 Å². The number of amides is 1. The summed E-state index contributed by atoms with van der Waals surface area (Å²) in [7, 11) is 6.53. The van der Waals surface area contributed by atoms with Crippen LogP contribution < -0.4 is 30.0 Å². The molecule has 2 aromatic rings. The van der Waals surface area contributed by atoms with Crippen molar-refractivity contribution in [2.24, 2.45) is 5.73 Å². The maximum absolute atomic E-state index is 14.2. The van der Waals surface area contributed by atoms with E-state index in [-0.39, 0.29) is 11.3 Å². The average molecular weight is 511 g/mol. The third-order valence-electron chi connectivity index (χ3n) is 8.66. The van der Waals surface area contributed by atoms with Crippen molar-refractivity contribution in [3.63, 3.8) is 0 Å². The Balaban J connectivity index is 1.69. The molecule has 7 nitrogen and oxygen atoms in total. The minimum absolute atomic E-state index is 0.00246. The Morgan fingerprint density at radius 1 is 0.703 bits per heavy atom. The Labute approximate surface area is 221 Å². The predicted octanol–water partition coefficient (Wildman–Crippen LogP) is 5.23. The normalized spacial score (nSPS) is 19.4. The lowest BCUT2D eigenvalue weighted by molar-refractivity contribution is -0.129. The highest BCUT2D eigenvalue weighted by Gasteiger charge is 2.46. The molecule has 4 rings (SSSR count). The fourth-order valence-electron chi connectivity index (χ4n) is 6.46. The van der Waals surface area contributed by atoms with Crippen LogP contribution in [0.5, 0.6) is 23.0 Å². The second-order valence-electron chi connectivity index (χ2n) is 10.5. The van der Waals surface area contributed by atoms with Crippen molar-refractivity contribution in [3.05, 3.63) is 47.5 Å². The van der Waals surface area contributed by atoms with Crippen LogP contribution in [0.4, 0.5) is 0 Å². The molecule has 2 aromatic carbocycles. The zero-order chi connectivity index (χ0) is 26.5. The van der Waals surface area contributed by atoms with Gasteiger partial charge in [0.05, 0.1) is 40.0 Å². The van der Waals surface area contributed by atoms with Crippen molar-refractivity contribution in [1.29, 1.82) is 0 Å². The number of hydrogen-bond acceptors (Lipinski definition) is 6. The molecular weight excluding hydrogens is 468 g/mol. The van der Waals surface area contributed by atoms with E-state index in [0.29, 0.717) is 23.0 Å². The van der Waals surface area contributed by atoms with Crippen molar-refractivity contribution in [2.75, 3.05) is 28.4 Å². The largest absolute Gasteiger partial charge is 0.493 e. The third-order valence-corrected chi connectivity index (χ3v) is 8.66. The molecule has 0 aliphatic heterocycles. The highest BCUT2D eigenvalue weighted by atomic mass is 16.5. The second kappa shape index (κ2) is 11.6. The van der Waals surface area contributed by atoms with Gasteiger partial charge in [-0.3, -0.25) is 4.79 Å². The average Bonchev–Trinajstić information content (AvgIpc) is 2.96. The number of benzene rings is 2. The lowest BCUT2D eigenvalue weighted by atomic mass is 9.66. The molecule has 2 fully saturated rings. The van der Waals surface area contributed by atoms with E-state index in [0.717, 1.165) is 68.9 Å². The molecule has 1 unspecified atom stereocenters. The minimum atomic E-state index is -0.650. The molecule has 1 amide bonds. The topological polar surface area (TPSA) is 92.0 Å². The van der Waals surface area contributed by atoms with Crippen LogP contribution in [0.2, 0.25) is 0 Å². The number of nitrogens with two attached hydrogens (primary N) is 1. The van der Waals surface area contributed by atoms with Crippen molar-refractivity contribution in [2.45, 2.75) is 81.2 Å². The van der Waals surface area contributed by atoms with Crippen LogP contribution >= 0.6 is 0 Å². The molecule has 202 valence electrons. The van der Waals surface area contributed by atoms with Gasteiger partial charge in [0.2, 0.25) is 5.91 Å². The number of rotatable bonds is 9. The summed E-state index contributed by atoms with van der Waals surface area (Å²) >= 11 is 0. The van der Waals surface area contributed by atoms with Gasteiger partial charge in [-0.25, -0.2) is 0 Å². The molecule has 7 heteroatoms. The molecule has 0 spiro atoms. The van der Waals surface area contributed by atoms with Gasteiger partial charge in [0.1, 0.15) is 0 Å². The Morgan fingerprint density at radius 3 is 1.68 bits per heavy atom.